The zero-order valence-electron chi connectivity index (χ0n) is 17.9. The van der Waals surface area contributed by atoms with Crippen LogP contribution in [0.5, 0.6) is 0 Å². The molecule has 0 saturated carbocycles. The van der Waals surface area contributed by atoms with Gasteiger partial charge in [0, 0.05) is 12.1 Å². The second-order valence-electron chi connectivity index (χ2n) is 7.55. The second-order valence-corrected chi connectivity index (χ2v) is 7.55. The molecule has 0 saturated heterocycles. The minimum Gasteiger partial charge on any atom is -0.460 e. The van der Waals surface area contributed by atoms with Crippen molar-refractivity contribution in [3.8, 4) is 0 Å². The summed E-state index contributed by atoms with van der Waals surface area (Å²) in [5, 5.41) is 9.66. The molecule has 5 nitrogen and oxygen atoms in total. The van der Waals surface area contributed by atoms with Crippen molar-refractivity contribution >= 4 is 18.3 Å². The number of ether oxygens (including phenoxy) is 1. The van der Waals surface area contributed by atoms with E-state index in [9.17, 15) is 9.82 Å². The summed E-state index contributed by atoms with van der Waals surface area (Å²) in [5.74, 6) is -0.107. The van der Waals surface area contributed by atoms with E-state index < -0.39 is 6.92 Å². The third-order valence-electron chi connectivity index (χ3n) is 5.45. The van der Waals surface area contributed by atoms with Crippen LogP contribution in [0, 0.1) is 0 Å². The zero-order chi connectivity index (χ0) is 20.3. The van der Waals surface area contributed by atoms with Gasteiger partial charge in [0.15, 0.2) is 0 Å². The first kappa shape index (κ1) is 23.7. The van der Waals surface area contributed by atoms with Gasteiger partial charge < -0.3 is 19.1 Å². The molecule has 0 bridgehead atoms. The lowest BCUT2D eigenvalue weighted by molar-refractivity contribution is -0.937. The number of carbonyl (C=O) groups is 1. The fraction of sp³-hybridized carbons (Fsp3) is 0.667. The highest BCUT2D eigenvalue weighted by Crippen LogP contribution is 2.14. The average molecular weight is 377 g/mol. The van der Waals surface area contributed by atoms with E-state index in [0.29, 0.717) is 13.0 Å². The Morgan fingerprint density at radius 3 is 2.30 bits per heavy atom. The number of quaternary nitrogens is 1. The molecule has 1 rings (SSSR count). The minimum atomic E-state index is -0.438. The van der Waals surface area contributed by atoms with Gasteiger partial charge in [-0.15, -0.1) is 0 Å². The minimum absolute atomic E-state index is 0.107. The highest BCUT2D eigenvalue weighted by Gasteiger charge is 2.24. The number of likely N-dealkylation sites (N-methyl/N-ethyl adjacent to an activating group) is 1. The van der Waals surface area contributed by atoms with Crippen molar-refractivity contribution in [1.29, 1.82) is 0 Å². The van der Waals surface area contributed by atoms with Gasteiger partial charge in [-0.2, -0.15) is 0 Å². The molecule has 0 unspecified atom stereocenters. The molecule has 0 aliphatic rings. The zero-order valence-corrected chi connectivity index (χ0v) is 17.9. The Morgan fingerprint density at radius 1 is 1.15 bits per heavy atom. The second kappa shape index (κ2) is 12.2. The number of benzene rings is 1. The largest absolute Gasteiger partial charge is 0.460 e. The number of nitrogens with zero attached hydrogens (tertiary/aromatic N) is 2. The molecule has 6 heteroatoms. The topological polar surface area (TPSA) is 49.8 Å². The van der Waals surface area contributed by atoms with Gasteiger partial charge in [0.25, 0.3) is 0 Å². The van der Waals surface area contributed by atoms with Gasteiger partial charge in [-0.05, 0) is 39.3 Å². The average Bonchev–Trinajstić information content (AvgIpc) is 2.66. The van der Waals surface area contributed by atoms with Crippen LogP contribution in [0.2, 0.25) is 6.82 Å². The van der Waals surface area contributed by atoms with Gasteiger partial charge in [-0.1, -0.05) is 38.0 Å². The van der Waals surface area contributed by atoms with E-state index in [1.165, 1.54) is 5.56 Å². The maximum absolute atomic E-state index is 12.0. The van der Waals surface area contributed by atoms with E-state index in [1.54, 1.807) is 6.82 Å². The van der Waals surface area contributed by atoms with Crippen LogP contribution in [-0.2, 0) is 16.1 Å². The summed E-state index contributed by atoms with van der Waals surface area (Å²) in [7, 11) is 2.04. The molecule has 0 aliphatic heterocycles. The van der Waals surface area contributed by atoms with Crippen molar-refractivity contribution < 1.29 is 19.0 Å². The molecule has 0 amide bonds. The van der Waals surface area contributed by atoms with Gasteiger partial charge in [-0.25, -0.2) is 0 Å². The molecular formula is C21H38BN2O3+. The monoisotopic (exact) mass is 377 g/mol. The van der Waals surface area contributed by atoms with Gasteiger partial charge in [0.05, 0.1) is 19.5 Å². The van der Waals surface area contributed by atoms with Gasteiger partial charge in [0.1, 0.15) is 19.7 Å². The van der Waals surface area contributed by atoms with Crippen molar-refractivity contribution in [3.63, 3.8) is 0 Å². The molecule has 0 heterocycles. The highest BCUT2D eigenvalue weighted by molar-refractivity contribution is 6.64. The Balaban J connectivity index is 2.53. The lowest BCUT2D eigenvalue weighted by Gasteiger charge is -2.36. The maximum atomic E-state index is 12.0. The summed E-state index contributed by atoms with van der Waals surface area (Å²) in [6, 6.07) is 8.17. The maximum Gasteiger partial charge on any atom is 0.320 e. The molecule has 1 N–H and O–H groups in total. The van der Waals surface area contributed by atoms with Crippen molar-refractivity contribution in [3.05, 3.63) is 29.8 Å². The molecule has 152 valence electrons. The smallest absolute Gasteiger partial charge is 0.320 e. The molecule has 0 aliphatic carbocycles. The first-order valence-corrected chi connectivity index (χ1v) is 10.3. The molecule has 27 heavy (non-hydrogen) atoms. The van der Waals surface area contributed by atoms with Crippen LogP contribution in [0.3, 0.4) is 0 Å². The first-order chi connectivity index (χ1) is 12.9. The quantitative estimate of drug-likeness (QED) is 0.325. The molecule has 0 fully saturated rings. The Hall–Kier alpha value is -1.37. The van der Waals surface area contributed by atoms with E-state index in [4.69, 9.17) is 4.74 Å². The lowest BCUT2D eigenvalue weighted by Crippen LogP contribution is -2.49. The van der Waals surface area contributed by atoms with E-state index >= 15 is 0 Å². The van der Waals surface area contributed by atoms with Crippen molar-refractivity contribution in [1.82, 2.24) is 4.90 Å². The summed E-state index contributed by atoms with van der Waals surface area (Å²) < 4.78 is 6.39. The Morgan fingerprint density at radius 2 is 1.78 bits per heavy atom. The van der Waals surface area contributed by atoms with Crippen LogP contribution in [0.15, 0.2) is 24.3 Å². The van der Waals surface area contributed by atoms with Crippen molar-refractivity contribution in [2.45, 2.75) is 47.0 Å². The Bertz CT molecular complexity index is 545. The fourth-order valence-electron chi connectivity index (χ4n) is 3.33. The van der Waals surface area contributed by atoms with E-state index in [0.717, 1.165) is 55.6 Å². The van der Waals surface area contributed by atoms with Gasteiger partial charge >= 0.3 is 12.9 Å². The van der Waals surface area contributed by atoms with Crippen LogP contribution in [0.1, 0.15) is 39.2 Å². The van der Waals surface area contributed by atoms with Crippen LogP contribution in [0.4, 0.5) is 0 Å². The van der Waals surface area contributed by atoms with Crippen LogP contribution < -0.4 is 5.46 Å². The summed E-state index contributed by atoms with van der Waals surface area (Å²) in [6.07, 6.45) is 1.55. The van der Waals surface area contributed by atoms with Crippen molar-refractivity contribution in [2.24, 2.45) is 0 Å². The fourth-order valence-corrected chi connectivity index (χ4v) is 3.33. The van der Waals surface area contributed by atoms with E-state index in [1.807, 2.05) is 19.2 Å². The molecule has 0 atom stereocenters. The van der Waals surface area contributed by atoms with E-state index in [-0.39, 0.29) is 5.97 Å². The Kier molecular flexibility index (Phi) is 10.7. The number of rotatable bonds is 13. The predicted molar refractivity (Wildman–Crippen MR) is 113 cm³/mol. The third-order valence-corrected chi connectivity index (χ3v) is 5.45. The van der Waals surface area contributed by atoms with Gasteiger partial charge in [-0.3, -0.25) is 4.79 Å². The van der Waals surface area contributed by atoms with E-state index in [2.05, 4.69) is 37.8 Å². The summed E-state index contributed by atoms with van der Waals surface area (Å²) >= 11 is 0. The number of carbonyl (C=O) groups excluding carboxylic acids is 1. The van der Waals surface area contributed by atoms with Crippen LogP contribution >= 0.6 is 0 Å². The third kappa shape index (κ3) is 8.46. The molecule has 1 aromatic rings. The molecule has 0 aromatic heterocycles. The number of hydrogen-bond donors (Lipinski definition) is 1. The molecular weight excluding hydrogens is 339 g/mol. The first-order valence-electron chi connectivity index (χ1n) is 10.3. The summed E-state index contributed by atoms with van der Waals surface area (Å²) in [4.78, 5) is 14.2. The standard InChI is InChI=1S/C21H38BN2O3/c1-6-14-23(5)15-13-21(25)27-17-16-24(7-2,8-3)18-19-9-11-20(12-10-19)22(4)26/h9-12,26H,6-8,13-18H2,1-5H3/q+1. The Labute approximate surface area is 166 Å². The predicted octanol–water partition coefficient (Wildman–Crippen LogP) is 2.14. The molecule has 0 radical (unpaired) electrons. The molecule has 1 aromatic carbocycles. The van der Waals surface area contributed by atoms with Crippen LogP contribution in [0.25, 0.3) is 0 Å². The lowest BCUT2D eigenvalue weighted by atomic mass is 9.64. The number of esters is 1. The van der Waals surface area contributed by atoms with Crippen LogP contribution in [-0.4, -0.2) is 73.7 Å². The molecule has 0 spiro atoms. The van der Waals surface area contributed by atoms with Crippen molar-refractivity contribution in [2.75, 3.05) is 46.4 Å². The normalized spacial score (nSPS) is 11.7. The number of hydrogen-bond acceptors (Lipinski definition) is 4. The van der Waals surface area contributed by atoms with Gasteiger partial charge in [0.2, 0.25) is 0 Å². The summed E-state index contributed by atoms with van der Waals surface area (Å²) in [6.45, 7) is 13.8. The SMILES string of the molecule is CCCN(C)CCC(=O)OCC[N+](CC)(CC)Cc1ccc(B(C)O)cc1. The highest BCUT2D eigenvalue weighted by atomic mass is 16.5. The summed E-state index contributed by atoms with van der Waals surface area (Å²) in [5.41, 5.74) is 2.18.